The maximum absolute atomic E-state index is 3.77. The summed E-state index contributed by atoms with van der Waals surface area (Å²) in [7, 11) is 0. The van der Waals surface area contributed by atoms with Crippen LogP contribution in [0.1, 0.15) is 67.7 Å². The van der Waals surface area contributed by atoms with Gasteiger partial charge < -0.3 is 5.32 Å². The molecule has 0 bridgehead atoms. The van der Waals surface area contributed by atoms with E-state index in [0.29, 0.717) is 22.3 Å². The van der Waals surface area contributed by atoms with Crippen LogP contribution in [0.15, 0.2) is 0 Å². The fraction of sp³-hybridized carbons (Fsp3) is 1.00. The number of rotatable bonds is 2. The van der Waals surface area contributed by atoms with Gasteiger partial charge in [0.1, 0.15) is 0 Å². The van der Waals surface area contributed by atoms with E-state index >= 15 is 0 Å². The summed E-state index contributed by atoms with van der Waals surface area (Å²) >= 11 is 0. The Labute approximate surface area is 102 Å². The fourth-order valence-corrected chi connectivity index (χ4v) is 3.44. The van der Waals surface area contributed by atoms with Crippen molar-refractivity contribution in [2.45, 2.75) is 73.8 Å². The van der Waals surface area contributed by atoms with Crippen LogP contribution in [-0.2, 0) is 0 Å². The number of hydrogen-bond acceptors (Lipinski definition) is 1. The van der Waals surface area contributed by atoms with E-state index in [-0.39, 0.29) is 0 Å². The van der Waals surface area contributed by atoms with Gasteiger partial charge in [0.2, 0.25) is 0 Å². The van der Waals surface area contributed by atoms with Gasteiger partial charge in [-0.2, -0.15) is 0 Å². The number of hydrogen-bond donors (Lipinski definition) is 1. The summed E-state index contributed by atoms with van der Waals surface area (Å²) in [6.07, 6.45) is 4.01. The Morgan fingerprint density at radius 2 is 1.44 bits per heavy atom. The number of nitrogens with one attached hydrogen (secondary N) is 1. The molecule has 0 unspecified atom stereocenters. The van der Waals surface area contributed by atoms with E-state index in [1.807, 2.05) is 0 Å². The molecule has 0 aromatic rings. The van der Waals surface area contributed by atoms with Crippen molar-refractivity contribution in [2.24, 2.45) is 16.2 Å². The Morgan fingerprint density at radius 1 is 1.00 bits per heavy atom. The monoisotopic (exact) mass is 225 g/mol. The average molecular weight is 225 g/mol. The van der Waals surface area contributed by atoms with Gasteiger partial charge in [0, 0.05) is 12.6 Å². The largest absolute Gasteiger partial charge is 0.313 e. The van der Waals surface area contributed by atoms with Gasteiger partial charge in [0.15, 0.2) is 0 Å². The van der Waals surface area contributed by atoms with E-state index in [0.717, 1.165) is 6.54 Å². The van der Waals surface area contributed by atoms with Crippen molar-refractivity contribution in [3.8, 4) is 0 Å². The summed E-state index contributed by atoms with van der Waals surface area (Å²) in [5.74, 6) is 0. The topological polar surface area (TPSA) is 12.0 Å². The van der Waals surface area contributed by atoms with E-state index < -0.39 is 0 Å². The zero-order valence-electron chi connectivity index (χ0n) is 12.4. The van der Waals surface area contributed by atoms with Gasteiger partial charge >= 0.3 is 0 Å². The van der Waals surface area contributed by atoms with Crippen LogP contribution < -0.4 is 5.32 Å². The zero-order chi connectivity index (χ0) is 12.6. The van der Waals surface area contributed by atoms with Crippen LogP contribution in [0.3, 0.4) is 0 Å². The summed E-state index contributed by atoms with van der Waals surface area (Å²) in [4.78, 5) is 0. The molecule has 1 heteroatoms. The van der Waals surface area contributed by atoms with Crippen molar-refractivity contribution >= 4 is 0 Å². The second kappa shape index (κ2) is 4.33. The quantitative estimate of drug-likeness (QED) is 0.741. The fourth-order valence-electron chi connectivity index (χ4n) is 3.44. The summed E-state index contributed by atoms with van der Waals surface area (Å²) < 4.78 is 0. The molecule has 16 heavy (non-hydrogen) atoms. The summed E-state index contributed by atoms with van der Waals surface area (Å²) in [5, 5.41) is 3.77. The first-order chi connectivity index (χ1) is 6.99. The molecule has 1 aliphatic carbocycles. The van der Waals surface area contributed by atoms with Crippen molar-refractivity contribution < 1.29 is 0 Å². The Kier molecular flexibility index (Phi) is 3.79. The predicted octanol–water partition coefficient (Wildman–Crippen LogP) is 4.23. The average Bonchev–Trinajstić information content (AvgIpc) is 1.93. The molecule has 0 amide bonds. The van der Waals surface area contributed by atoms with Crippen LogP contribution in [0.25, 0.3) is 0 Å². The van der Waals surface area contributed by atoms with Crippen molar-refractivity contribution in [1.82, 2.24) is 5.32 Å². The summed E-state index contributed by atoms with van der Waals surface area (Å²) in [6.45, 7) is 17.7. The molecule has 0 heterocycles. The Balaban J connectivity index is 2.55. The molecule has 0 spiro atoms. The van der Waals surface area contributed by atoms with Crippen molar-refractivity contribution in [2.75, 3.05) is 6.54 Å². The van der Waals surface area contributed by atoms with Crippen molar-refractivity contribution in [1.29, 1.82) is 0 Å². The molecule has 0 saturated heterocycles. The van der Waals surface area contributed by atoms with Gasteiger partial charge in [0.05, 0.1) is 0 Å². The molecular weight excluding hydrogens is 194 g/mol. The normalized spacial score (nSPS) is 25.7. The van der Waals surface area contributed by atoms with Crippen LogP contribution in [0, 0.1) is 16.2 Å². The van der Waals surface area contributed by atoms with Gasteiger partial charge in [-0.1, -0.05) is 48.5 Å². The first-order valence-corrected chi connectivity index (χ1v) is 6.73. The second-order valence-electron chi connectivity index (χ2n) is 8.55. The molecule has 0 atom stereocenters. The first-order valence-electron chi connectivity index (χ1n) is 6.73. The van der Waals surface area contributed by atoms with E-state index in [1.165, 1.54) is 19.3 Å². The predicted molar refractivity (Wildman–Crippen MR) is 72.7 cm³/mol. The van der Waals surface area contributed by atoms with E-state index in [9.17, 15) is 0 Å². The SMILES string of the molecule is CC(C)(C)CNC1CC(C)(C)CC(C)(C)C1. The minimum Gasteiger partial charge on any atom is -0.313 e. The lowest BCUT2D eigenvalue weighted by atomic mass is 9.63. The summed E-state index contributed by atoms with van der Waals surface area (Å²) in [5.41, 5.74) is 1.39. The highest BCUT2D eigenvalue weighted by molar-refractivity contribution is 4.92. The molecule has 96 valence electrons. The summed E-state index contributed by atoms with van der Waals surface area (Å²) in [6, 6.07) is 0.706. The molecular formula is C15H31N. The van der Waals surface area contributed by atoms with E-state index in [4.69, 9.17) is 0 Å². The lowest BCUT2D eigenvalue weighted by molar-refractivity contribution is 0.0813. The molecule has 1 aliphatic rings. The molecule has 0 aliphatic heterocycles. The minimum absolute atomic E-state index is 0.395. The lowest BCUT2D eigenvalue weighted by Gasteiger charge is -2.45. The Bertz CT molecular complexity index is 216. The Hall–Kier alpha value is -0.0400. The third-order valence-electron chi connectivity index (χ3n) is 3.48. The van der Waals surface area contributed by atoms with Crippen molar-refractivity contribution in [3.63, 3.8) is 0 Å². The molecule has 1 saturated carbocycles. The standard InChI is InChI=1S/C15H31N/c1-13(2,3)11-16-12-8-14(4,5)10-15(6,7)9-12/h12,16H,8-11H2,1-7H3. The van der Waals surface area contributed by atoms with Gasteiger partial charge in [-0.3, -0.25) is 0 Å². The zero-order valence-corrected chi connectivity index (χ0v) is 12.4. The van der Waals surface area contributed by atoms with Crippen molar-refractivity contribution in [3.05, 3.63) is 0 Å². The molecule has 1 nitrogen and oxygen atoms in total. The van der Waals surface area contributed by atoms with Crippen LogP contribution in [0.4, 0.5) is 0 Å². The molecule has 0 radical (unpaired) electrons. The highest BCUT2D eigenvalue weighted by Crippen LogP contribution is 2.45. The van der Waals surface area contributed by atoms with E-state index in [1.54, 1.807) is 0 Å². The second-order valence-corrected chi connectivity index (χ2v) is 8.55. The van der Waals surface area contributed by atoms with E-state index in [2.05, 4.69) is 53.8 Å². The van der Waals surface area contributed by atoms with Crippen LogP contribution in [-0.4, -0.2) is 12.6 Å². The van der Waals surface area contributed by atoms with Gasteiger partial charge in [-0.05, 0) is 35.5 Å². The van der Waals surface area contributed by atoms with Crippen LogP contribution in [0.5, 0.6) is 0 Å². The molecule has 0 aromatic carbocycles. The maximum Gasteiger partial charge on any atom is 0.00774 e. The first kappa shape index (κ1) is 14.0. The maximum atomic E-state index is 3.77. The van der Waals surface area contributed by atoms with Gasteiger partial charge in [-0.25, -0.2) is 0 Å². The highest BCUT2D eigenvalue weighted by atomic mass is 14.9. The molecule has 1 N–H and O–H groups in total. The van der Waals surface area contributed by atoms with Gasteiger partial charge in [-0.15, -0.1) is 0 Å². The highest BCUT2D eigenvalue weighted by Gasteiger charge is 2.38. The third kappa shape index (κ3) is 4.86. The molecule has 1 rings (SSSR count). The van der Waals surface area contributed by atoms with Crippen LogP contribution >= 0.6 is 0 Å². The van der Waals surface area contributed by atoms with Crippen LogP contribution in [0.2, 0.25) is 0 Å². The molecule has 0 aromatic heterocycles. The lowest BCUT2D eigenvalue weighted by Crippen LogP contribution is -2.46. The third-order valence-corrected chi connectivity index (χ3v) is 3.48. The Morgan fingerprint density at radius 3 is 1.81 bits per heavy atom. The molecule has 1 fully saturated rings. The van der Waals surface area contributed by atoms with Gasteiger partial charge in [0.25, 0.3) is 0 Å². The minimum atomic E-state index is 0.395. The smallest absolute Gasteiger partial charge is 0.00774 e.